The van der Waals surface area contributed by atoms with E-state index < -0.39 is 4.92 Å². The lowest BCUT2D eigenvalue weighted by atomic mass is 10.2. The second kappa shape index (κ2) is 4.88. The zero-order valence-electron chi connectivity index (χ0n) is 8.72. The Hall–Kier alpha value is -2.01. The quantitative estimate of drug-likeness (QED) is 0.668. The fourth-order valence-electron chi connectivity index (χ4n) is 1.43. The van der Waals surface area contributed by atoms with Crippen molar-refractivity contribution in [2.75, 3.05) is 5.32 Å². The van der Waals surface area contributed by atoms with E-state index in [4.69, 9.17) is 16.0 Å². The lowest BCUT2D eigenvalue weighted by molar-refractivity contribution is -0.384. The molecule has 2 aromatic rings. The summed E-state index contributed by atoms with van der Waals surface area (Å²) in [5.41, 5.74) is 0.250. The van der Waals surface area contributed by atoms with E-state index in [-0.39, 0.29) is 5.69 Å². The smallest absolute Gasteiger partial charge is 0.293 e. The van der Waals surface area contributed by atoms with E-state index >= 15 is 0 Å². The van der Waals surface area contributed by atoms with Gasteiger partial charge in [-0.2, -0.15) is 0 Å². The number of nitrogens with zero attached hydrogens (tertiary/aromatic N) is 1. The Morgan fingerprint density at radius 3 is 2.82 bits per heavy atom. The number of nitrogens with one attached hydrogen (secondary N) is 1. The SMILES string of the molecule is O=[N+]([O-])c1cccc(Cl)c1NCc1ccco1. The highest BCUT2D eigenvalue weighted by atomic mass is 35.5. The molecule has 0 aliphatic carbocycles. The van der Waals surface area contributed by atoms with Gasteiger partial charge in [0.05, 0.1) is 22.8 Å². The van der Waals surface area contributed by atoms with Crippen LogP contribution in [0.25, 0.3) is 0 Å². The van der Waals surface area contributed by atoms with Crippen LogP contribution >= 0.6 is 11.6 Å². The number of nitro groups is 1. The lowest BCUT2D eigenvalue weighted by Crippen LogP contribution is -2.02. The third-order valence-corrected chi connectivity index (χ3v) is 2.52. The van der Waals surface area contributed by atoms with Crippen molar-refractivity contribution < 1.29 is 9.34 Å². The van der Waals surface area contributed by atoms with E-state index in [9.17, 15) is 10.1 Å². The average Bonchev–Trinajstić information content (AvgIpc) is 2.80. The van der Waals surface area contributed by atoms with E-state index in [1.165, 1.54) is 12.3 Å². The van der Waals surface area contributed by atoms with Gasteiger partial charge >= 0.3 is 0 Å². The highest BCUT2D eigenvalue weighted by Gasteiger charge is 2.16. The summed E-state index contributed by atoms with van der Waals surface area (Å²) in [7, 11) is 0. The maximum absolute atomic E-state index is 10.8. The first-order valence-corrected chi connectivity index (χ1v) is 5.25. The van der Waals surface area contributed by atoms with Gasteiger partial charge in [-0.05, 0) is 18.2 Å². The molecule has 0 aliphatic heterocycles. The van der Waals surface area contributed by atoms with Gasteiger partial charge in [0.1, 0.15) is 11.4 Å². The zero-order valence-corrected chi connectivity index (χ0v) is 9.48. The molecule has 0 saturated carbocycles. The fourth-order valence-corrected chi connectivity index (χ4v) is 1.66. The molecular formula is C11H9ClN2O3. The van der Waals surface area contributed by atoms with Crippen molar-refractivity contribution in [2.45, 2.75) is 6.54 Å². The monoisotopic (exact) mass is 252 g/mol. The van der Waals surface area contributed by atoms with Crippen LogP contribution in [0.4, 0.5) is 11.4 Å². The summed E-state index contributed by atoms with van der Waals surface area (Å²) in [6.07, 6.45) is 1.54. The third kappa shape index (κ3) is 2.57. The van der Waals surface area contributed by atoms with Gasteiger partial charge in [-0.3, -0.25) is 10.1 Å². The molecule has 0 spiro atoms. The molecule has 1 N–H and O–H groups in total. The van der Waals surface area contributed by atoms with Crippen molar-refractivity contribution in [3.05, 3.63) is 57.5 Å². The van der Waals surface area contributed by atoms with Crippen LogP contribution in [0.2, 0.25) is 5.02 Å². The van der Waals surface area contributed by atoms with Gasteiger partial charge in [0.2, 0.25) is 0 Å². The van der Waals surface area contributed by atoms with Crippen LogP contribution in [-0.4, -0.2) is 4.92 Å². The summed E-state index contributed by atoms with van der Waals surface area (Å²) in [6.45, 7) is 0.345. The van der Waals surface area contributed by atoms with Gasteiger partial charge in [0, 0.05) is 6.07 Å². The van der Waals surface area contributed by atoms with E-state index in [2.05, 4.69) is 5.32 Å². The third-order valence-electron chi connectivity index (χ3n) is 2.21. The Morgan fingerprint density at radius 1 is 1.35 bits per heavy atom. The number of halogens is 1. The standard InChI is InChI=1S/C11H9ClN2O3/c12-9-4-1-5-10(14(15)16)11(9)13-7-8-3-2-6-17-8/h1-6,13H,7H2. The molecular weight excluding hydrogens is 244 g/mol. The van der Waals surface area contributed by atoms with E-state index in [0.29, 0.717) is 23.0 Å². The number of hydrogen-bond acceptors (Lipinski definition) is 4. The van der Waals surface area contributed by atoms with Crippen molar-refractivity contribution in [1.82, 2.24) is 0 Å². The summed E-state index contributed by atoms with van der Waals surface area (Å²) < 4.78 is 5.12. The Balaban J connectivity index is 2.22. The second-order valence-corrected chi connectivity index (χ2v) is 3.73. The van der Waals surface area contributed by atoms with E-state index in [0.717, 1.165) is 0 Å². The first-order valence-electron chi connectivity index (χ1n) is 4.87. The Morgan fingerprint density at radius 2 is 2.18 bits per heavy atom. The van der Waals surface area contributed by atoms with Crippen molar-refractivity contribution >= 4 is 23.0 Å². The van der Waals surface area contributed by atoms with Gasteiger partial charge in [0.15, 0.2) is 0 Å². The summed E-state index contributed by atoms with van der Waals surface area (Å²) >= 11 is 5.92. The maximum atomic E-state index is 10.8. The predicted octanol–water partition coefficient (Wildman–Crippen LogP) is 3.45. The van der Waals surface area contributed by atoms with Crippen molar-refractivity contribution in [3.63, 3.8) is 0 Å². The molecule has 88 valence electrons. The van der Waals surface area contributed by atoms with Crippen LogP contribution in [0.15, 0.2) is 41.0 Å². The minimum atomic E-state index is -0.476. The first-order chi connectivity index (χ1) is 8.18. The molecule has 0 radical (unpaired) electrons. The van der Waals surface area contributed by atoms with E-state index in [1.54, 1.807) is 24.3 Å². The number of para-hydroxylation sites is 1. The molecule has 1 aromatic carbocycles. The van der Waals surface area contributed by atoms with Crippen LogP contribution in [-0.2, 0) is 6.54 Å². The number of furan rings is 1. The molecule has 1 heterocycles. The lowest BCUT2D eigenvalue weighted by Gasteiger charge is -2.07. The zero-order chi connectivity index (χ0) is 12.3. The summed E-state index contributed by atoms with van der Waals surface area (Å²) in [5.74, 6) is 0.680. The molecule has 2 rings (SSSR count). The number of rotatable bonds is 4. The largest absolute Gasteiger partial charge is 0.467 e. The highest BCUT2D eigenvalue weighted by Crippen LogP contribution is 2.32. The van der Waals surface area contributed by atoms with Crippen LogP contribution < -0.4 is 5.32 Å². The molecule has 0 amide bonds. The average molecular weight is 253 g/mol. The van der Waals surface area contributed by atoms with Gasteiger partial charge < -0.3 is 9.73 Å². The van der Waals surface area contributed by atoms with Crippen LogP contribution in [0, 0.1) is 10.1 Å². The topological polar surface area (TPSA) is 68.3 Å². The molecule has 6 heteroatoms. The first kappa shape index (κ1) is 11.5. The number of nitro benzene ring substituents is 1. The van der Waals surface area contributed by atoms with Gasteiger partial charge in [-0.25, -0.2) is 0 Å². The van der Waals surface area contributed by atoms with Gasteiger partial charge in [-0.1, -0.05) is 17.7 Å². The Kier molecular flexibility index (Phi) is 3.30. The van der Waals surface area contributed by atoms with Gasteiger partial charge in [-0.15, -0.1) is 0 Å². The highest BCUT2D eigenvalue weighted by molar-refractivity contribution is 6.33. The summed E-state index contributed by atoms with van der Waals surface area (Å²) in [4.78, 5) is 10.3. The molecule has 17 heavy (non-hydrogen) atoms. The van der Waals surface area contributed by atoms with Crippen molar-refractivity contribution in [2.24, 2.45) is 0 Å². The molecule has 0 unspecified atom stereocenters. The molecule has 0 saturated heterocycles. The summed E-state index contributed by atoms with van der Waals surface area (Å²) in [6, 6.07) is 8.06. The Labute approximate surface area is 102 Å². The molecule has 0 atom stereocenters. The molecule has 0 bridgehead atoms. The molecule has 1 aromatic heterocycles. The van der Waals surface area contributed by atoms with Crippen LogP contribution in [0.5, 0.6) is 0 Å². The number of anilines is 1. The fraction of sp³-hybridized carbons (Fsp3) is 0.0909. The van der Waals surface area contributed by atoms with Gasteiger partial charge in [0.25, 0.3) is 5.69 Å². The molecule has 0 aliphatic rings. The summed E-state index contributed by atoms with van der Waals surface area (Å²) in [5, 5.41) is 14.0. The van der Waals surface area contributed by atoms with E-state index in [1.807, 2.05) is 0 Å². The molecule has 0 fully saturated rings. The van der Waals surface area contributed by atoms with Crippen LogP contribution in [0.1, 0.15) is 5.76 Å². The molecule has 5 nitrogen and oxygen atoms in total. The second-order valence-electron chi connectivity index (χ2n) is 3.32. The normalized spacial score (nSPS) is 10.2. The number of benzene rings is 1. The number of hydrogen-bond donors (Lipinski definition) is 1. The maximum Gasteiger partial charge on any atom is 0.293 e. The minimum absolute atomic E-state index is 0.0518. The van der Waals surface area contributed by atoms with Crippen LogP contribution in [0.3, 0.4) is 0 Å². The Bertz CT molecular complexity index is 526. The van der Waals surface area contributed by atoms with Crippen molar-refractivity contribution in [1.29, 1.82) is 0 Å². The predicted molar refractivity (Wildman–Crippen MR) is 64.1 cm³/mol. The minimum Gasteiger partial charge on any atom is -0.467 e. The van der Waals surface area contributed by atoms with Crippen molar-refractivity contribution in [3.8, 4) is 0 Å².